The van der Waals surface area contributed by atoms with Crippen molar-refractivity contribution in [2.24, 2.45) is 10.2 Å². The predicted octanol–water partition coefficient (Wildman–Crippen LogP) is 7.44. The van der Waals surface area contributed by atoms with Crippen molar-refractivity contribution in [3.63, 3.8) is 0 Å². The molecule has 0 spiro atoms. The first-order chi connectivity index (χ1) is 21.2. The van der Waals surface area contributed by atoms with E-state index in [0.717, 1.165) is 49.9 Å². The van der Waals surface area contributed by atoms with E-state index in [1.807, 2.05) is 103 Å². The zero-order valence-corrected chi connectivity index (χ0v) is 23.7. The van der Waals surface area contributed by atoms with Crippen LogP contribution in [0.25, 0.3) is 21.5 Å². The maximum absolute atomic E-state index is 5.52. The molecule has 3 N–H and O–H groups in total. The van der Waals surface area contributed by atoms with Gasteiger partial charge in [0.25, 0.3) is 0 Å². The Labute approximate surface area is 248 Å². The molecule has 0 unspecified atom stereocenters. The minimum absolute atomic E-state index is 0.294. The van der Waals surface area contributed by atoms with Crippen LogP contribution >= 0.6 is 0 Å². The number of fused-ring (bicyclic) bond motifs is 2. The molecule has 0 atom stereocenters. The molecule has 9 nitrogen and oxygen atoms in total. The van der Waals surface area contributed by atoms with E-state index in [9.17, 15) is 0 Å². The van der Waals surface area contributed by atoms with Gasteiger partial charge in [-0.15, -0.1) is 0 Å². The van der Waals surface area contributed by atoms with Crippen molar-refractivity contribution in [2.75, 3.05) is 30.4 Å². The van der Waals surface area contributed by atoms with E-state index in [0.29, 0.717) is 17.6 Å². The number of aromatic nitrogens is 2. The fourth-order valence-electron chi connectivity index (χ4n) is 4.79. The minimum atomic E-state index is 0.294. The molecule has 0 aliphatic carbocycles. The predicted molar refractivity (Wildman–Crippen MR) is 175 cm³/mol. The summed E-state index contributed by atoms with van der Waals surface area (Å²) in [7, 11) is 3.34. The molecule has 43 heavy (non-hydrogen) atoms. The Balaban J connectivity index is 1.27. The minimum Gasteiger partial charge on any atom is -0.496 e. The average Bonchev–Trinajstić information content (AvgIpc) is 3.05. The first kappa shape index (κ1) is 27.2. The van der Waals surface area contributed by atoms with Gasteiger partial charge in [-0.05, 0) is 47.2 Å². The molecule has 5 aromatic carbocycles. The number of ether oxygens (including phenoxy) is 2. The fraction of sp³-hybridized carbons (Fsp3) is 0.0588. The average molecular weight is 568 g/mol. The molecule has 0 saturated heterocycles. The Morgan fingerprint density at radius 2 is 1.07 bits per heavy atom. The number of nitrogens with zero attached hydrogens (tertiary/aromatic N) is 4. The van der Waals surface area contributed by atoms with Crippen LogP contribution in [0.3, 0.4) is 0 Å². The van der Waals surface area contributed by atoms with Crippen molar-refractivity contribution in [1.82, 2.24) is 9.97 Å². The van der Waals surface area contributed by atoms with Crippen molar-refractivity contribution in [2.45, 2.75) is 0 Å². The zero-order valence-electron chi connectivity index (χ0n) is 23.7. The molecule has 0 radical (unpaired) electrons. The van der Waals surface area contributed by atoms with E-state index in [4.69, 9.17) is 9.47 Å². The number of benzene rings is 5. The lowest BCUT2D eigenvalue weighted by molar-refractivity contribution is 0.419. The maximum Gasteiger partial charge on any atom is 0.247 e. The number of anilines is 4. The Bertz CT molecular complexity index is 1820. The highest BCUT2D eigenvalue weighted by molar-refractivity contribution is 6.03. The van der Waals surface area contributed by atoms with Gasteiger partial charge < -0.3 is 14.8 Å². The summed E-state index contributed by atoms with van der Waals surface area (Å²) in [4.78, 5) is 9.18. The van der Waals surface area contributed by atoms with Crippen LogP contribution in [0.4, 0.5) is 23.3 Å². The molecule has 0 aliphatic heterocycles. The third-order valence-corrected chi connectivity index (χ3v) is 6.80. The lowest BCUT2D eigenvalue weighted by Crippen LogP contribution is -2.04. The number of methoxy groups -OCH3 is 2. The van der Waals surface area contributed by atoms with E-state index in [-0.39, 0.29) is 0 Å². The van der Waals surface area contributed by atoms with Crippen LogP contribution in [0.5, 0.6) is 11.5 Å². The van der Waals surface area contributed by atoms with Gasteiger partial charge in [0, 0.05) is 33.7 Å². The number of para-hydroxylation sites is 1. The third-order valence-electron chi connectivity index (χ3n) is 6.80. The largest absolute Gasteiger partial charge is 0.496 e. The summed E-state index contributed by atoms with van der Waals surface area (Å²) in [5.74, 6) is 2.97. The Morgan fingerprint density at radius 3 is 1.65 bits per heavy atom. The summed E-state index contributed by atoms with van der Waals surface area (Å²) in [5.41, 5.74) is 8.76. The van der Waals surface area contributed by atoms with Gasteiger partial charge in [0.05, 0.1) is 26.6 Å². The molecule has 6 rings (SSSR count). The lowest BCUT2D eigenvalue weighted by atomic mass is 10.0. The van der Waals surface area contributed by atoms with Crippen LogP contribution in [0.2, 0.25) is 0 Å². The number of rotatable bonds is 10. The lowest BCUT2D eigenvalue weighted by Gasteiger charge is -2.10. The summed E-state index contributed by atoms with van der Waals surface area (Å²) in [6.07, 6.45) is 3.50. The Kier molecular flexibility index (Phi) is 8.04. The first-order valence-corrected chi connectivity index (χ1v) is 13.6. The van der Waals surface area contributed by atoms with Crippen molar-refractivity contribution < 1.29 is 9.47 Å². The molecule has 0 amide bonds. The first-order valence-electron chi connectivity index (χ1n) is 13.6. The van der Waals surface area contributed by atoms with E-state index in [1.165, 1.54) is 0 Å². The molecule has 0 saturated carbocycles. The smallest absolute Gasteiger partial charge is 0.247 e. The quantitative estimate of drug-likeness (QED) is 0.117. The molecule has 0 aliphatic rings. The molecule has 0 bridgehead atoms. The molecular weight excluding hydrogens is 538 g/mol. The van der Waals surface area contributed by atoms with Crippen LogP contribution < -0.4 is 25.6 Å². The van der Waals surface area contributed by atoms with Gasteiger partial charge >= 0.3 is 0 Å². The summed E-state index contributed by atoms with van der Waals surface area (Å²) in [6.45, 7) is 0. The molecule has 1 aromatic heterocycles. The van der Waals surface area contributed by atoms with Gasteiger partial charge in [0.15, 0.2) is 5.82 Å². The monoisotopic (exact) mass is 567 g/mol. The second-order valence-electron chi connectivity index (χ2n) is 9.50. The van der Waals surface area contributed by atoms with E-state index < -0.39 is 0 Å². The molecular formula is C34H29N7O2. The third kappa shape index (κ3) is 6.20. The summed E-state index contributed by atoms with van der Waals surface area (Å²) < 4.78 is 11.0. The fourth-order valence-corrected chi connectivity index (χ4v) is 4.79. The van der Waals surface area contributed by atoms with Gasteiger partial charge in [-0.1, -0.05) is 66.7 Å². The van der Waals surface area contributed by atoms with E-state index in [1.54, 1.807) is 32.7 Å². The van der Waals surface area contributed by atoms with Gasteiger partial charge in [0.1, 0.15) is 17.3 Å². The Morgan fingerprint density at radius 1 is 0.558 bits per heavy atom. The topological polar surface area (TPSA) is 105 Å². The number of hydrogen-bond acceptors (Lipinski definition) is 9. The van der Waals surface area contributed by atoms with E-state index in [2.05, 4.69) is 36.3 Å². The van der Waals surface area contributed by atoms with Crippen LogP contribution in [0, 0.1) is 0 Å². The van der Waals surface area contributed by atoms with Crippen molar-refractivity contribution in [1.29, 1.82) is 0 Å². The van der Waals surface area contributed by atoms with Crippen LogP contribution in [-0.2, 0) is 0 Å². The SMILES string of the molecule is COc1ccc(C=NNc2cc(Nc3ccccc3)nc(NN=Cc3ccc(OC)c4ccccc34)n2)c2ccccc12. The van der Waals surface area contributed by atoms with Gasteiger partial charge in [0.2, 0.25) is 5.95 Å². The highest BCUT2D eigenvalue weighted by Crippen LogP contribution is 2.29. The van der Waals surface area contributed by atoms with Gasteiger partial charge in [-0.2, -0.15) is 20.2 Å². The van der Waals surface area contributed by atoms with Crippen molar-refractivity contribution in [3.8, 4) is 11.5 Å². The molecule has 6 aromatic rings. The number of hydrogen-bond donors (Lipinski definition) is 3. The van der Waals surface area contributed by atoms with Crippen molar-refractivity contribution in [3.05, 3.63) is 120 Å². The van der Waals surface area contributed by atoms with Crippen LogP contribution in [0.1, 0.15) is 11.1 Å². The summed E-state index contributed by atoms with van der Waals surface area (Å²) in [6, 6.07) is 35.4. The van der Waals surface area contributed by atoms with Crippen LogP contribution in [-0.4, -0.2) is 36.6 Å². The number of nitrogens with one attached hydrogen (secondary N) is 3. The molecule has 9 heteroatoms. The van der Waals surface area contributed by atoms with Crippen molar-refractivity contribution >= 4 is 57.2 Å². The molecule has 212 valence electrons. The zero-order chi connectivity index (χ0) is 29.4. The standard InChI is InChI=1S/C34H29N7O2/c1-42-30-18-16-23(26-12-6-8-14-28(26)30)21-35-40-33-20-32(37-25-10-4-3-5-11-25)38-34(39-33)41-36-22-24-17-19-31(43-2)29-15-9-7-13-27(24)29/h3-22H,1-2H3,(H3,37,38,39,40,41). The van der Waals surface area contributed by atoms with Crippen LogP contribution in [0.15, 0.2) is 119 Å². The molecule has 0 fully saturated rings. The molecule has 1 heterocycles. The second-order valence-corrected chi connectivity index (χ2v) is 9.50. The summed E-state index contributed by atoms with van der Waals surface area (Å²) >= 11 is 0. The second kappa shape index (κ2) is 12.7. The highest BCUT2D eigenvalue weighted by atomic mass is 16.5. The van der Waals surface area contributed by atoms with E-state index >= 15 is 0 Å². The number of hydrazone groups is 2. The maximum atomic E-state index is 5.52. The highest BCUT2D eigenvalue weighted by Gasteiger charge is 2.08. The van der Waals surface area contributed by atoms with Gasteiger partial charge in [-0.25, -0.2) is 5.43 Å². The Hall–Kier alpha value is -5.96. The summed E-state index contributed by atoms with van der Waals surface area (Å²) in [5, 5.41) is 16.3. The van der Waals surface area contributed by atoms with Gasteiger partial charge in [-0.3, -0.25) is 5.43 Å². The normalized spacial score (nSPS) is 11.3.